The molecule has 0 aliphatic heterocycles. The van der Waals surface area contributed by atoms with Gasteiger partial charge in [-0.1, -0.05) is 63.6 Å². The molecule has 0 unspecified atom stereocenters. The quantitative estimate of drug-likeness (QED) is 0.689. The number of benzene rings is 2. The Hall–Kier alpha value is -1.30. The van der Waals surface area contributed by atoms with Crippen molar-refractivity contribution in [3.8, 4) is 0 Å². The van der Waals surface area contributed by atoms with Gasteiger partial charge in [-0.2, -0.15) is 0 Å². The maximum absolute atomic E-state index is 3.55. The number of hydrogen-bond donors (Lipinski definition) is 0. The van der Waals surface area contributed by atoms with Crippen molar-refractivity contribution in [2.75, 3.05) is 0 Å². The Morgan fingerprint density at radius 2 is 1.81 bits per heavy atom. The lowest BCUT2D eigenvalue weighted by Crippen LogP contribution is -2.16. The second-order valence-electron chi connectivity index (χ2n) is 5.09. The average molecular weight is 211 g/mol. The van der Waals surface area contributed by atoms with Gasteiger partial charge < -0.3 is 0 Å². The van der Waals surface area contributed by atoms with E-state index in [0.29, 0.717) is 0 Å². The molecule has 0 amide bonds. The molecule has 0 bridgehead atoms. The largest absolute Gasteiger partial charge is 0.0654 e. The standard InChI is InChI=1S/C16H19/c1-4-11-16(2,3)15-10-9-13-7-5-6-8-14(13)12-15/h5-10H,4,11H2,1-3H3. The first-order valence-corrected chi connectivity index (χ1v) is 6.05. The third-order valence-electron chi connectivity index (χ3n) is 3.26. The number of hydrogen-bond acceptors (Lipinski definition) is 0. The number of rotatable bonds is 3. The van der Waals surface area contributed by atoms with Crippen molar-refractivity contribution < 1.29 is 0 Å². The summed E-state index contributed by atoms with van der Waals surface area (Å²) in [7, 11) is 0. The summed E-state index contributed by atoms with van der Waals surface area (Å²) in [5.41, 5.74) is 1.56. The van der Waals surface area contributed by atoms with E-state index in [1.807, 2.05) is 0 Å². The Balaban J connectivity index is 2.46. The lowest BCUT2D eigenvalue weighted by atomic mass is 9.80. The molecule has 0 saturated carbocycles. The first-order valence-electron chi connectivity index (χ1n) is 6.05. The van der Waals surface area contributed by atoms with E-state index in [1.54, 1.807) is 0 Å². The number of fused-ring (bicyclic) bond motifs is 1. The highest BCUT2D eigenvalue weighted by Crippen LogP contribution is 2.30. The Bertz CT molecular complexity index is 480. The fourth-order valence-electron chi connectivity index (χ4n) is 2.27. The lowest BCUT2D eigenvalue weighted by Gasteiger charge is -2.24. The topological polar surface area (TPSA) is 0 Å². The fourth-order valence-corrected chi connectivity index (χ4v) is 2.27. The summed E-state index contributed by atoms with van der Waals surface area (Å²) in [6.45, 7) is 6.84. The van der Waals surface area contributed by atoms with Gasteiger partial charge in [-0.25, -0.2) is 0 Å². The van der Waals surface area contributed by atoms with E-state index in [4.69, 9.17) is 0 Å². The molecule has 0 N–H and O–H groups in total. The van der Waals surface area contributed by atoms with Gasteiger partial charge in [0, 0.05) is 0 Å². The Morgan fingerprint density at radius 1 is 1.06 bits per heavy atom. The molecule has 0 aliphatic rings. The van der Waals surface area contributed by atoms with Crippen LogP contribution in [0.2, 0.25) is 0 Å². The highest BCUT2D eigenvalue weighted by molar-refractivity contribution is 5.82. The molecule has 0 heterocycles. The summed E-state index contributed by atoms with van der Waals surface area (Å²) in [5.74, 6) is 0. The maximum Gasteiger partial charge on any atom is -0.00586 e. The van der Waals surface area contributed by atoms with Gasteiger partial charge in [0.05, 0.1) is 0 Å². The van der Waals surface area contributed by atoms with Crippen molar-refractivity contribution in [1.29, 1.82) is 0 Å². The molecule has 0 aliphatic carbocycles. The molecule has 0 fully saturated rings. The molecule has 2 rings (SSSR count). The first kappa shape index (κ1) is 11.2. The van der Waals surface area contributed by atoms with Crippen molar-refractivity contribution in [2.24, 2.45) is 0 Å². The van der Waals surface area contributed by atoms with Crippen LogP contribution in [-0.2, 0) is 5.41 Å². The molecule has 0 heteroatoms. The zero-order valence-corrected chi connectivity index (χ0v) is 10.4. The maximum atomic E-state index is 3.55. The highest BCUT2D eigenvalue weighted by atomic mass is 14.2. The minimum absolute atomic E-state index is 0.235. The molecule has 0 saturated heterocycles. The monoisotopic (exact) mass is 211 g/mol. The molecule has 0 spiro atoms. The van der Waals surface area contributed by atoms with Crippen LogP contribution in [0.3, 0.4) is 0 Å². The fraction of sp³-hybridized carbons (Fsp3) is 0.375. The summed E-state index contributed by atoms with van der Waals surface area (Å²) >= 11 is 0. The highest BCUT2D eigenvalue weighted by Gasteiger charge is 2.19. The van der Waals surface area contributed by atoms with E-state index < -0.39 is 0 Å². The minimum atomic E-state index is 0.235. The van der Waals surface area contributed by atoms with Crippen LogP contribution in [0, 0.1) is 6.07 Å². The predicted octanol–water partition coefficient (Wildman–Crippen LogP) is 4.72. The third kappa shape index (κ3) is 2.11. The summed E-state index contributed by atoms with van der Waals surface area (Å²) in [6.07, 6.45) is 2.43. The van der Waals surface area contributed by atoms with Gasteiger partial charge in [0.15, 0.2) is 0 Å². The van der Waals surface area contributed by atoms with Crippen molar-refractivity contribution in [2.45, 2.75) is 39.0 Å². The molecular formula is C16H19. The van der Waals surface area contributed by atoms with E-state index in [2.05, 4.69) is 63.2 Å². The van der Waals surface area contributed by atoms with Crippen LogP contribution in [0.15, 0.2) is 36.4 Å². The molecule has 2 aromatic rings. The van der Waals surface area contributed by atoms with Gasteiger partial charge in [0.2, 0.25) is 0 Å². The molecule has 83 valence electrons. The van der Waals surface area contributed by atoms with Crippen LogP contribution in [0.25, 0.3) is 10.8 Å². The molecule has 0 aromatic heterocycles. The van der Waals surface area contributed by atoms with Gasteiger partial charge in [-0.3, -0.25) is 0 Å². The summed E-state index contributed by atoms with van der Waals surface area (Å²) in [6, 6.07) is 16.4. The zero-order chi connectivity index (χ0) is 11.6. The molecule has 16 heavy (non-hydrogen) atoms. The Morgan fingerprint density at radius 3 is 2.56 bits per heavy atom. The Labute approximate surface area is 98.3 Å². The average Bonchev–Trinajstić information content (AvgIpc) is 2.28. The molecular weight excluding hydrogens is 192 g/mol. The van der Waals surface area contributed by atoms with Crippen molar-refractivity contribution in [3.63, 3.8) is 0 Å². The van der Waals surface area contributed by atoms with Gasteiger partial charge in [0.25, 0.3) is 0 Å². The van der Waals surface area contributed by atoms with E-state index in [1.165, 1.54) is 29.2 Å². The van der Waals surface area contributed by atoms with Crippen molar-refractivity contribution in [1.82, 2.24) is 0 Å². The van der Waals surface area contributed by atoms with Crippen LogP contribution >= 0.6 is 0 Å². The molecule has 2 aromatic carbocycles. The zero-order valence-electron chi connectivity index (χ0n) is 10.4. The SMILES string of the molecule is CCCC(C)(C)c1[c]c2ccccc2cc1. The molecule has 1 radical (unpaired) electrons. The second kappa shape index (κ2) is 4.29. The van der Waals surface area contributed by atoms with E-state index in [-0.39, 0.29) is 5.41 Å². The second-order valence-corrected chi connectivity index (χ2v) is 5.09. The smallest absolute Gasteiger partial charge is 0.00586 e. The van der Waals surface area contributed by atoms with Crippen LogP contribution in [0.4, 0.5) is 0 Å². The predicted molar refractivity (Wildman–Crippen MR) is 70.7 cm³/mol. The Kier molecular flexibility index (Phi) is 3.00. The first-order chi connectivity index (χ1) is 7.63. The van der Waals surface area contributed by atoms with E-state index in [9.17, 15) is 0 Å². The lowest BCUT2D eigenvalue weighted by molar-refractivity contribution is 0.473. The van der Waals surface area contributed by atoms with Crippen LogP contribution in [0.1, 0.15) is 39.2 Å². The van der Waals surface area contributed by atoms with Crippen molar-refractivity contribution in [3.05, 3.63) is 48.0 Å². The molecule has 0 nitrogen and oxygen atoms in total. The summed E-state index contributed by atoms with van der Waals surface area (Å²) in [5, 5.41) is 2.50. The normalized spacial score (nSPS) is 11.9. The third-order valence-corrected chi connectivity index (χ3v) is 3.26. The van der Waals surface area contributed by atoms with Crippen LogP contribution in [-0.4, -0.2) is 0 Å². The van der Waals surface area contributed by atoms with Gasteiger partial charge in [-0.05, 0) is 34.2 Å². The van der Waals surface area contributed by atoms with Crippen molar-refractivity contribution >= 4 is 10.8 Å². The summed E-state index contributed by atoms with van der Waals surface area (Å²) in [4.78, 5) is 0. The van der Waals surface area contributed by atoms with Gasteiger partial charge in [0.1, 0.15) is 0 Å². The van der Waals surface area contributed by atoms with Crippen LogP contribution < -0.4 is 0 Å². The van der Waals surface area contributed by atoms with E-state index >= 15 is 0 Å². The van der Waals surface area contributed by atoms with Gasteiger partial charge in [-0.15, -0.1) is 0 Å². The van der Waals surface area contributed by atoms with Gasteiger partial charge >= 0.3 is 0 Å². The minimum Gasteiger partial charge on any atom is -0.0654 e. The molecule has 0 atom stereocenters. The summed E-state index contributed by atoms with van der Waals surface area (Å²) < 4.78 is 0. The van der Waals surface area contributed by atoms with E-state index in [0.717, 1.165) is 0 Å². The van der Waals surface area contributed by atoms with Crippen LogP contribution in [0.5, 0.6) is 0 Å².